The van der Waals surface area contributed by atoms with Crippen LogP contribution in [0.1, 0.15) is 88.2 Å². The van der Waals surface area contributed by atoms with Crippen LogP contribution in [0.2, 0.25) is 0 Å². The number of hydrogen-bond acceptors (Lipinski definition) is 8. The smallest absolute Gasteiger partial charge is 0.269 e. The van der Waals surface area contributed by atoms with Gasteiger partial charge in [-0.1, -0.05) is 43.8 Å². The number of benzene rings is 3. The summed E-state index contributed by atoms with van der Waals surface area (Å²) in [6, 6.07) is 26.0. The van der Waals surface area contributed by atoms with E-state index in [-0.39, 0.29) is 26.2 Å². The lowest BCUT2D eigenvalue weighted by Gasteiger charge is -2.23. The highest BCUT2D eigenvalue weighted by molar-refractivity contribution is 7.18. The third kappa shape index (κ3) is 7.49. The maximum absolute atomic E-state index is 13.3. The summed E-state index contributed by atoms with van der Waals surface area (Å²) in [5.41, 5.74) is 6.96. The van der Waals surface area contributed by atoms with Crippen LogP contribution in [0.15, 0.2) is 84.9 Å². The van der Waals surface area contributed by atoms with Gasteiger partial charge in [-0.2, -0.15) is 0 Å². The van der Waals surface area contributed by atoms with Gasteiger partial charge in [0, 0.05) is 71.6 Å². The lowest BCUT2D eigenvalue weighted by molar-refractivity contribution is -0.384. The fourth-order valence-corrected chi connectivity index (χ4v) is 9.23. The van der Waals surface area contributed by atoms with Crippen LogP contribution in [-0.2, 0) is 12.8 Å². The maximum atomic E-state index is 13.3. The molecular weight excluding hydrogens is 691 g/mol. The first-order valence-electron chi connectivity index (χ1n) is 17.6. The number of nitro benzene ring substituents is 1. The zero-order chi connectivity index (χ0) is 35.1. The number of ketones is 2. The van der Waals surface area contributed by atoms with Gasteiger partial charge in [0.25, 0.3) is 11.6 Å². The van der Waals surface area contributed by atoms with Gasteiger partial charge in [0.05, 0.1) is 20.4 Å². The molecule has 3 aromatic carbocycles. The summed E-state index contributed by atoms with van der Waals surface area (Å²) < 4.78 is 0. The number of nitro groups is 1. The second-order valence-corrected chi connectivity index (χ2v) is 15.9. The fourth-order valence-electron chi connectivity index (χ4n) is 6.84. The van der Waals surface area contributed by atoms with Crippen molar-refractivity contribution < 1.29 is 20.7 Å². The molecule has 9 rings (SSSR count). The van der Waals surface area contributed by atoms with Gasteiger partial charge < -0.3 is 10.2 Å². The monoisotopic (exact) mass is 734 g/mol. The standard InChI is InChI=1S/C24H20N2O4S.C17H17NOS.CH4.H2/c27-21(13-15-5-6-15)22-14-17-11-12-25(20-4-2-1-3-19(20)23(17)31-22)24(28)16-7-9-18(10-8-16)26(29)30;19-15(9-11-5-6-11)16-10-12-7-8-18-14-4-2-1-3-13(14)17(12)20-16;;/h1-4,7-10,14-15H,5-6,11-13H2;1-4,10-11,18H,5-9H2;1H4;1H/i;;;1+1. The Morgan fingerprint density at radius 1 is 0.769 bits per heavy atom. The van der Waals surface area contributed by atoms with E-state index in [0.29, 0.717) is 42.6 Å². The van der Waals surface area contributed by atoms with Crippen molar-refractivity contribution in [3.63, 3.8) is 0 Å². The predicted octanol–water partition coefficient (Wildman–Crippen LogP) is 10.8. The Balaban J connectivity index is 0.000000190. The average Bonchev–Trinajstić information content (AvgIpc) is 4.08. The molecule has 2 aromatic heterocycles. The summed E-state index contributed by atoms with van der Waals surface area (Å²) in [5, 5.41) is 14.4. The first-order chi connectivity index (χ1) is 24.8. The van der Waals surface area contributed by atoms with Crippen LogP contribution in [0.25, 0.3) is 20.9 Å². The topological polar surface area (TPSA) is 110 Å². The minimum atomic E-state index is -0.477. The van der Waals surface area contributed by atoms with E-state index in [1.54, 1.807) is 16.2 Å². The number of nitrogens with one attached hydrogen (secondary N) is 1. The molecule has 8 nitrogen and oxygen atoms in total. The predicted molar refractivity (Wildman–Crippen MR) is 212 cm³/mol. The molecule has 2 aliphatic carbocycles. The summed E-state index contributed by atoms with van der Waals surface area (Å²) in [7, 11) is 0. The molecule has 4 aliphatic rings. The molecule has 0 atom stereocenters. The van der Waals surface area contributed by atoms with E-state index < -0.39 is 4.92 Å². The van der Waals surface area contributed by atoms with Crippen LogP contribution >= 0.6 is 22.7 Å². The zero-order valence-electron chi connectivity index (χ0n) is 28.1. The lowest BCUT2D eigenvalue weighted by atomic mass is 10.1. The van der Waals surface area contributed by atoms with E-state index in [1.807, 2.05) is 30.3 Å². The number of anilines is 2. The fraction of sp³-hybridized carbons (Fsp3) is 0.310. The molecule has 52 heavy (non-hydrogen) atoms. The van der Waals surface area contributed by atoms with Gasteiger partial charge in [-0.15, -0.1) is 22.7 Å². The summed E-state index contributed by atoms with van der Waals surface area (Å²) in [6.07, 6.45) is 7.81. The molecule has 0 saturated heterocycles. The summed E-state index contributed by atoms with van der Waals surface area (Å²) in [5.74, 6) is 1.59. The van der Waals surface area contributed by atoms with E-state index in [0.717, 1.165) is 63.7 Å². The Morgan fingerprint density at radius 3 is 1.94 bits per heavy atom. The molecule has 1 amide bonds. The van der Waals surface area contributed by atoms with Gasteiger partial charge in [-0.25, -0.2) is 0 Å². The van der Waals surface area contributed by atoms with Crippen LogP contribution in [0.4, 0.5) is 17.1 Å². The second-order valence-electron chi connectivity index (χ2n) is 13.8. The normalized spacial score (nSPS) is 15.4. The Labute approximate surface area is 313 Å². The van der Waals surface area contributed by atoms with Crippen molar-refractivity contribution in [2.24, 2.45) is 11.8 Å². The van der Waals surface area contributed by atoms with Gasteiger partial charge in [0.2, 0.25) is 0 Å². The molecule has 0 bridgehead atoms. The number of carbonyl (C=O) groups excluding carboxylic acids is 3. The number of amides is 1. The van der Waals surface area contributed by atoms with Crippen LogP contribution < -0.4 is 10.2 Å². The Morgan fingerprint density at radius 2 is 1.33 bits per heavy atom. The quantitative estimate of drug-likeness (QED) is 0.0965. The summed E-state index contributed by atoms with van der Waals surface area (Å²) in [6.45, 7) is 1.42. The largest absolute Gasteiger partial charge is 0.384 e. The molecule has 4 heterocycles. The molecular formula is C42H43N3O5S2. The lowest BCUT2D eigenvalue weighted by Crippen LogP contribution is -2.32. The number of fused-ring (bicyclic) bond motifs is 6. The third-order valence-corrected chi connectivity index (χ3v) is 12.5. The van der Waals surface area contributed by atoms with Crippen molar-refractivity contribution in [2.75, 3.05) is 23.3 Å². The highest BCUT2D eigenvalue weighted by Gasteiger charge is 2.30. The molecule has 1 N–H and O–H groups in total. The number of rotatable bonds is 8. The highest BCUT2D eigenvalue weighted by atomic mass is 32.1. The van der Waals surface area contributed by atoms with Crippen molar-refractivity contribution >= 4 is 57.2 Å². The van der Waals surface area contributed by atoms with Crippen LogP contribution in [0.3, 0.4) is 0 Å². The van der Waals surface area contributed by atoms with Gasteiger partial charge in [-0.05, 0) is 97.9 Å². The van der Waals surface area contributed by atoms with E-state index in [9.17, 15) is 24.5 Å². The number of Topliss-reactive ketones (excluding diaryl/α,β-unsaturated/α-hetero) is 2. The number of carbonyl (C=O) groups is 3. The van der Waals surface area contributed by atoms with Gasteiger partial charge in [-0.3, -0.25) is 24.5 Å². The Hall–Kier alpha value is -4.93. The number of non-ortho nitro benzene ring substituents is 1. The highest BCUT2D eigenvalue weighted by Crippen LogP contribution is 2.44. The Kier molecular flexibility index (Phi) is 10.2. The molecule has 5 aromatic rings. The number of nitrogens with zero attached hydrogens (tertiary/aromatic N) is 2. The first-order valence-corrected chi connectivity index (χ1v) is 19.3. The van der Waals surface area contributed by atoms with Gasteiger partial charge in [0.15, 0.2) is 11.6 Å². The molecule has 0 unspecified atom stereocenters. The second kappa shape index (κ2) is 15.0. The van der Waals surface area contributed by atoms with Crippen molar-refractivity contribution in [2.45, 2.75) is 58.8 Å². The SMILES string of the molecule is C.O=C(CC1CC1)c1cc2c(s1)-c1ccccc1N(C(=O)c1ccc([N+](=O)[O-])cc1)CC2.O=C(CC1CC1)c1cc2c(s1)-c1ccccc1NCC2.[2HH]. The summed E-state index contributed by atoms with van der Waals surface area (Å²) >= 11 is 3.20. The van der Waals surface area contributed by atoms with E-state index in [4.69, 9.17) is 0 Å². The van der Waals surface area contributed by atoms with Crippen LogP contribution in [0.5, 0.6) is 0 Å². The van der Waals surface area contributed by atoms with Crippen molar-refractivity contribution in [3.05, 3.63) is 121 Å². The van der Waals surface area contributed by atoms with E-state index in [2.05, 4.69) is 35.6 Å². The molecule has 268 valence electrons. The molecule has 2 fully saturated rings. The van der Waals surface area contributed by atoms with Crippen LogP contribution in [0, 0.1) is 22.0 Å². The molecule has 2 saturated carbocycles. The van der Waals surface area contributed by atoms with Gasteiger partial charge >= 0.3 is 0 Å². The minimum absolute atomic E-state index is 0. The average molecular weight is 735 g/mol. The number of para-hydroxylation sites is 2. The van der Waals surface area contributed by atoms with Crippen molar-refractivity contribution in [3.8, 4) is 20.9 Å². The van der Waals surface area contributed by atoms with E-state index in [1.165, 1.54) is 70.1 Å². The molecule has 0 spiro atoms. The van der Waals surface area contributed by atoms with Crippen molar-refractivity contribution in [1.29, 1.82) is 0 Å². The van der Waals surface area contributed by atoms with E-state index >= 15 is 0 Å². The van der Waals surface area contributed by atoms with Crippen LogP contribution in [-0.4, -0.2) is 35.5 Å². The minimum Gasteiger partial charge on any atom is -0.384 e. The van der Waals surface area contributed by atoms with Crippen molar-refractivity contribution in [1.82, 2.24) is 0 Å². The molecule has 0 radical (unpaired) electrons. The molecule has 10 heteroatoms. The number of hydrogen-bond donors (Lipinski definition) is 1. The Bertz CT molecular complexity index is 2170. The van der Waals surface area contributed by atoms with Gasteiger partial charge in [0.1, 0.15) is 0 Å². The molecule has 2 aliphatic heterocycles. The summed E-state index contributed by atoms with van der Waals surface area (Å²) in [4.78, 5) is 54.5. The maximum Gasteiger partial charge on any atom is 0.269 e. The number of thiophene rings is 2. The third-order valence-electron chi connectivity index (χ3n) is 10.0. The first kappa shape index (κ1) is 35.5. The zero-order valence-corrected chi connectivity index (χ0v) is 29.7.